The van der Waals surface area contributed by atoms with Gasteiger partial charge in [-0.1, -0.05) is 0 Å². The highest BCUT2D eigenvalue weighted by Gasteiger charge is 2.05. The van der Waals surface area contributed by atoms with Crippen LogP contribution in [0.15, 0.2) is 36.6 Å². The van der Waals surface area contributed by atoms with Crippen molar-refractivity contribution in [2.45, 2.75) is 0 Å². The molecule has 10 nitrogen and oxygen atoms in total. The molecule has 0 radical (unpaired) electrons. The second kappa shape index (κ2) is 7.89. The molecular weight excluding hydrogens is 296 g/mol. The average molecular weight is 306 g/mol. The van der Waals surface area contributed by atoms with Gasteiger partial charge in [0.25, 0.3) is 5.91 Å². The third kappa shape index (κ3) is 6.56. The number of rotatable bonds is 6. The number of hydrogen-bond acceptors (Lipinski definition) is 6. The molecular formula is C12H10N4O6. The maximum absolute atomic E-state index is 11.3. The molecule has 0 spiro atoms. The molecule has 0 fully saturated rings. The van der Waals surface area contributed by atoms with Crippen LogP contribution in [0.2, 0.25) is 0 Å². The van der Waals surface area contributed by atoms with Crippen LogP contribution in [-0.4, -0.2) is 43.9 Å². The van der Waals surface area contributed by atoms with E-state index in [0.717, 1.165) is 12.2 Å². The third-order valence-corrected chi connectivity index (χ3v) is 1.90. The molecule has 1 heterocycles. The fourth-order valence-corrected chi connectivity index (χ4v) is 1.10. The van der Waals surface area contributed by atoms with Crippen molar-refractivity contribution in [1.82, 2.24) is 9.97 Å². The number of aliphatic carboxylic acids is 2. The van der Waals surface area contributed by atoms with Gasteiger partial charge in [0.15, 0.2) is 0 Å². The van der Waals surface area contributed by atoms with Crippen molar-refractivity contribution in [2.24, 2.45) is 0 Å². The predicted octanol–water partition coefficient (Wildman–Crippen LogP) is -0.365. The summed E-state index contributed by atoms with van der Waals surface area (Å²) >= 11 is 0. The number of anilines is 2. The van der Waals surface area contributed by atoms with E-state index in [0.29, 0.717) is 12.2 Å². The Kier molecular flexibility index (Phi) is 5.92. The Labute approximate surface area is 123 Å². The lowest BCUT2D eigenvalue weighted by atomic mass is 10.4. The number of amides is 2. The zero-order valence-electron chi connectivity index (χ0n) is 10.9. The first-order valence-corrected chi connectivity index (χ1v) is 5.64. The van der Waals surface area contributed by atoms with E-state index in [-0.39, 0.29) is 11.8 Å². The first kappa shape index (κ1) is 16.5. The molecule has 4 N–H and O–H groups in total. The predicted molar refractivity (Wildman–Crippen MR) is 72.8 cm³/mol. The maximum Gasteiger partial charge on any atom is 0.328 e. The van der Waals surface area contributed by atoms with Gasteiger partial charge >= 0.3 is 11.9 Å². The second-order valence-electron chi connectivity index (χ2n) is 3.59. The zero-order valence-corrected chi connectivity index (χ0v) is 10.9. The highest BCUT2D eigenvalue weighted by Crippen LogP contribution is 2.05. The van der Waals surface area contributed by atoms with Crippen LogP contribution >= 0.6 is 0 Å². The molecule has 0 aliphatic rings. The van der Waals surface area contributed by atoms with E-state index in [1.54, 1.807) is 0 Å². The lowest BCUT2D eigenvalue weighted by molar-refractivity contribution is -0.132. The second-order valence-corrected chi connectivity index (χ2v) is 3.59. The Morgan fingerprint density at radius 2 is 1.45 bits per heavy atom. The summed E-state index contributed by atoms with van der Waals surface area (Å²) in [7, 11) is 0. The van der Waals surface area contributed by atoms with Gasteiger partial charge in [0.05, 0.1) is 0 Å². The van der Waals surface area contributed by atoms with Crippen molar-refractivity contribution in [1.29, 1.82) is 0 Å². The molecule has 0 aliphatic carbocycles. The van der Waals surface area contributed by atoms with E-state index in [1.165, 1.54) is 12.3 Å². The summed E-state index contributed by atoms with van der Waals surface area (Å²) in [5, 5.41) is 21.2. The molecule has 0 unspecified atom stereocenters. The van der Waals surface area contributed by atoms with Crippen molar-refractivity contribution in [3.05, 3.63) is 36.6 Å². The summed E-state index contributed by atoms with van der Waals surface area (Å²) in [6.45, 7) is 0. The first-order chi connectivity index (χ1) is 10.4. The molecule has 10 heteroatoms. The molecule has 0 aromatic carbocycles. The molecule has 1 rings (SSSR count). The SMILES string of the molecule is O=C(O)/C=C\C(=O)Nc1ccnc(NC(=O)/C=C\C(=O)O)n1. The molecule has 0 saturated carbocycles. The molecule has 0 aliphatic heterocycles. The minimum absolute atomic E-state index is 0.0209. The van der Waals surface area contributed by atoms with Gasteiger partial charge in [-0.3, -0.25) is 14.9 Å². The smallest absolute Gasteiger partial charge is 0.328 e. The minimum atomic E-state index is -1.29. The number of carboxylic acids is 2. The quantitative estimate of drug-likeness (QED) is 0.518. The molecule has 0 bridgehead atoms. The van der Waals surface area contributed by atoms with E-state index >= 15 is 0 Å². The standard InChI is InChI=1S/C12H10N4O6/c17-8(1-3-10(19)20)14-7-5-6-13-12(15-7)16-9(18)2-4-11(21)22/h1-6H,(H,19,20)(H,21,22)(H2,13,14,15,16,17,18)/b3-1-,4-2-. The molecule has 1 aromatic heterocycles. The Balaban J connectivity index is 2.70. The summed E-state index contributed by atoms with van der Waals surface area (Å²) in [5.74, 6) is -4.22. The lowest BCUT2D eigenvalue weighted by Crippen LogP contribution is -2.14. The van der Waals surface area contributed by atoms with Crippen molar-refractivity contribution in [3.8, 4) is 0 Å². The number of carboxylic acid groups (broad SMARTS) is 2. The number of carbonyl (C=O) groups excluding carboxylic acids is 2. The highest BCUT2D eigenvalue weighted by molar-refractivity contribution is 6.03. The first-order valence-electron chi connectivity index (χ1n) is 5.64. The van der Waals surface area contributed by atoms with Gasteiger partial charge in [-0.25, -0.2) is 14.6 Å². The normalized spacial score (nSPS) is 10.5. The van der Waals surface area contributed by atoms with Crippen LogP contribution < -0.4 is 10.6 Å². The van der Waals surface area contributed by atoms with Crippen molar-refractivity contribution >= 4 is 35.5 Å². The average Bonchev–Trinajstić information content (AvgIpc) is 2.43. The molecule has 1 aromatic rings. The van der Waals surface area contributed by atoms with Crippen molar-refractivity contribution < 1.29 is 29.4 Å². The third-order valence-electron chi connectivity index (χ3n) is 1.90. The number of nitrogens with one attached hydrogen (secondary N) is 2. The van der Waals surface area contributed by atoms with Gasteiger partial charge in [-0.2, -0.15) is 4.98 Å². The van der Waals surface area contributed by atoms with E-state index < -0.39 is 23.8 Å². The van der Waals surface area contributed by atoms with Crippen LogP contribution in [-0.2, 0) is 19.2 Å². The number of nitrogens with zero attached hydrogens (tertiary/aromatic N) is 2. The number of carbonyl (C=O) groups is 4. The van der Waals surface area contributed by atoms with Crippen LogP contribution in [0.5, 0.6) is 0 Å². The summed E-state index contributed by atoms with van der Waals surface area (Å²) in [6, 6.07) is 1.31. The van der Waals surface area contributed by atoms with E-state index in [4.69, 9.17) is 10.2 Å². The summed E-state index contributed by atoms with van der Waals surface area (Å²) in [5.41, 5.74) is 0. The molecule has 0 atom stereocenters. The summed E-state index contributed by atoms with van der Waals surface area (Å²) < 4.78 is 0. The molecule has 0 saturated heterocycles. The zero-order chi connectivity index (χ0) is 16.5. The summed E-state index contributed by atoms with van der Waals surface area (Å²) in [6.07, 6.45) is 4.08. The van der Waals surface area contributed by atoms with E-state index in [9.17, 15) is 19.2 Å². The number of hydrogen-bond donors (Lipinski definition) is 4. The largest absolute Gasteiger partial charge is 0.478 e. The van der Waals surface area contributed by atoms with Gasteiger partial charge < -0.3 is 15.5 Å². The van der Waals surface area contributed by atoms with Gasteiger partial charge in [0.1, 0.15) is 5.82 Å². The van der Waals surface area contributed by atoms with Gasteiger partial charge in [-0.05, 0) is 6.07 Å². The monoisotopic (exact) mass is 306 g/mol. The topological polar surface area (TPSA) is 159 Å². The summed E-state index contributed by atoms with van der Waals surface area (Å²) in [4.78, 5) is 50.6. The fourth-order valence-electron chi connectivity index (χ4n) is 1.10. The molecule has 114 valence electrons. The van der Waals surface area contributed by atoms with Gasteiger partial charge in [-0.15, -0.1) is 0 Å². The van der Waals surface area contributed by atoms with E-state index in [2.05, 4.69) is 20.6 Å². The lowest BCUT2D eigenvalue weighted by Gasteiger charge is -2.03. The highest BCUT2D eigenvalue weighted by atomic mass is 16.4. The Hall–Kier alpha value is -3.56. The van der Waals surface area contributed by atoms with Crippen LogP contribution in [0.25, 0.3) is 0 Å². The maximum atomic E-state index is 11.3. The Morgan fingerprint density at radius 1 is 0.909 bits per heavy atom. The van der Waals surface area contributed by atoms with Crippen molar-refractivity contribution in [2.75, 3.05) is 10.6 Å². The molecule has 2 amide bonds. The molecule has 22 heavy (non-hydrogen) atoms. The number of aromatic nitrogens is 2. The van der Waals surface area contributed by atoms with E-state index in [1.807, 2.05) is 0 Å². The minimum Gasteiger partial charge on any atom is -0.478 e. The van der Waals surface area contributed by atoms with Crippen molar-refractivity contribution in [3.63, 3.8) is 0 Å². The Morgan fingerprint density at radius 3 is 2.00 bits per heavy atom. The van der Waals surface area contributed by atoms with Crippen LogP contribution in [0.1, 0.15) is 0 Å². The van der Waals surface area contributed by atoms with Crippen LogP contribution in [0.3, 0.4) is 0 Å². The van der Waals surface area contributed by atoms with Crippen LogP contribution in [0, 0.1) is 0 Å². The van der Waals surface area contributed by atoms with Gasteiger partial charge in [0, 0.05) is 30.5 Å². The van der Waals surface area contributed by atoms with Crippen LogP contribution in [0.4, 0.5) is 11.8 Å². The van der Waals surface area contributed by atoms with Gasteiger partial charge in [0.2, 0.25) is 11.9 Å². The fraction of sp³-hybridized carbons (Fsp3) is 0. The Bertz CT molecular complexity index is 614.